The number of amides is 2. The molecule has 0 aliphatic carbocycles. The molecular formula is C21H24N2O5. The molecule has 1 aliphatic rings. The Morgan fingerprint density at radius 3 is 2.36 bits per heavy atom. The lowest BCUT2D eigenvalue weighted by atomic mass is 10.1. The van der Waals surface area contributed by atoms with Gasteiger partial charge < -0.3 is 24.4 Å². The van der Waals surface area contributed by atoms with Gasteiger partial charge in [-0.3, -0.25) is 9.59 Å². The maximum Gasteiger partial charge on any atom is 0.255 e. The van der Waals surface area contributed by atoms with E-state index in [-0.39, 0.29) is 11.8 Å². The van der Waals surface area contributed by atoms with Crippen LogP contribution in [-0.2, 0) is 0 Å². The summed E-state index contributed by atoms with van der Waals surface area (Å²) in [6, 6.07) is 10.1. The number of hydrogen-bond acceptors (Lipinski definition) is 5. The molecule has 0 saturated heterocycles. The van der Waals surface area contributed by atoms with Crippen LogP contribution in [0.4, 0.5) is 5.69 Å². The molecule has 0 radical (unpaired) electrons. The van der Waals surface area contributed by atoms with Crippen molar-refractivity contribution in [3.63, 3.8) is 0 Å². The predicted molar refractivity (Wildman–Crippen MR) is 106 cm³/mol. The molecule has 3 rings (SSSR count). The number of benzene rings is 2. The lowest BCUT2D eigenvalue weighted by Crippen LogP contribution is -2.30. The third-order valence-corrected chi connectivity index (χ3v) is 4.53. The fourth-order valence-corrected chi connectivity index (χ4v) is 3.00. The summed E-state index contributed by atoms with van der Waals surface area (Å²) >= 11 is 0. The number of fused-ring (bicyclic) bond motifs is 1. The van der Waals surface area contributed by atoms with Crippen LogP contribution in [0.1, 0.15) is 34.6 Å². The van der Waals surface area contributed by atoms with Gasteiger partial charge >= 0.3 is 0 Å². The molecule has 148 valence electrons. The molecule has 0 unspecified atom stereocenters. The fraction of sp³-hybridized carbons (Fsp3) is 0.333. The monoisotopic (exact) mass is 384 g/mol. The molecule has 0 saturated carbocycles. The number of anilines is 1. The molecule has 1 heterocycles. The van der Waals surface area contributed by atoms with Crippen LogP contribution in [0, 0.1) is 0 Å². The smallest absolute Gasteiger partial charge is 0.255 e. The number of carbonyl (C=O) groups excluding carboxylic acids is 2. The van der Waals surface area contributed by atoms with Gasteiger partial charge in [-0.05, 0) is 50.2 Å². The Morgan fingerprint density at radius 2 is 1.71 bits per heavy atom. The van der Waals surface area contributed by atoms with Gasteiger partial charge in [-0.15, -0.1) is 0 Å². The molecule has 2 aromatic carbocycles. The Hall–Kier alpha value is -3.22. The first-order chi connectivity index (χ1) is 13.6. The molecule has 2 aromatic rings. The zero-order chi connectivity index (χ0) is 20.1. The number of hydrogen-bond donors (Lipinski definition) is 1. The van der Waals surface area contributed by atoms with Crippen molar-refractivity contribution in [2.24, 2.45) is 0 Å². The Labute approximate surface area is 164 Å². The van der Waals surface area contributed by atoms with Crippen LogP contribution in [0.3, 0.4) is 0 Å². The highest BCUT2D eigenvalue weighted by Crippen LogP contribution is 2.40. The minimum Gasteiger partial charge on any atom is -0.493 e. The van der Waals surface area contributed by atoms with E-state index in [0.717, 1.165) is 0 Å². The Morgan fingerprint density at radius 1 is 1.04 bits per heavy atom. The van der Waals surface area contributed by atoms with Gasteiger partial charge in [0.2, 0.25) is 5.75 Å². The topological polar surface area (TPSA) is 77.1 Å². The van der Waals surface area contributed by atoms with E-state index in [1.165, 1.54) is 7.11 Å². The quantitative estimate of drug-likeness (QED) is 0.828. The first kappa shape index (κ1) is 19.5. The Balaban J connectivity index is 1.75. The van der Waals surface area contributed by atoms with Crippen molar-refractivity contribution in [3.8, 4) is 17.2 Å². The van der Waals surface area contributed by atoms with Gasteiger partial charge in [-0.25, -0.2) is 0 Å². The molecule has 7 nitrogen and oxygen atoms in total. The van der Waals surface area contributed by atoms with Crippen LogP contribution >= 0.6 is 0 Å². The van der Waals surface area contributed by atoms with E-state index in [2.05, 4.69) is 5.32 Å². The van der Waals surface area contributed by atoms with E-state index < -0.39 is 0 Å². The molecule has 0 aromatic heterocycles. The predicted octanol–water partition coefficient (Wildman–Crippen LogP) is 3.20. The molecule has 1 N–H and O–H groups in total. The summed E-state index contributed by atoms with van der Waals surface area (Å²) in [6.07, 6.45) is 0. The highest BCUT2D eigenvalue weighted by Gasteiger charge is 2.21. The average Bonchev–Trinajstić information content (AvgIpc) is 2.74. The molecule has 1 aliphatic heterocycles. The average molecular weight is 384 g/mol. The first-order valence-corrected chi connectivity index (χ1v) is 9.25. The number of methoxy groups -OCH3 is 1. The second kappa shape index (κ2) is 8.65. The third-order valence-electron chi connectivity index (χ3n) is 4.53. The van der Waals surface area contributed by atoms with Crippen LogP contribution in [0.25, 0.3) is 0 Å². The number of nitrogens with one attached hydrogen (secondary N) is 1. The van der Waals surface area contributed by atoms with Crippen molar-refractivity contribution in [1.82, 2.24) is 4.90 Å². The number of rotatable bonds is 6. The van der Waals surface area contributed by atoms with E-state index in [0.29, 0.717) is 60.4 Å². The SMILES string of the molecule is CCN(CC)C(=O)c1ccc(NC(=O)c2cc(OC)c3c(c2)OCCO3)cc1. The molecule has 0 bridgehead atoms. The normalized spacial score (nSPS) is 12.2. The van der Waals surface area contributed by atoms with Crippen molar-refractivity contribution in [3.05, 3.63) is 47.5 Å². The van der Waals surface area contributed by atoms with E-state index in [9.17, 15) is 9.59 Å². The summed E-state index contributed by atoms with van der Waals surface area (Å²) in [6.45, 7) is 6.05. The number of carbonyl (C=O) groups is 2. The van der Waals surface area contributed by atoms with Crippen molar-refractivity contribution in [1.29, 1.82) is 0 Å². The minimum absolute atomic E-state index is 0.0283. The fourth-order valence-electron chi connectivity index (χ4n) is 3.00. The summed E-state index contributed by atoms with van der Waals surface area (Å²) in [5.41, 5.74) is 1.57. The van der Waals surface area contributed by atoms with Crippen molar-refractivity contribution in [2.75, 3.05) is 38.7 Å². The second-order valence-corrected chi connectivity index (χ2v) is 6.21. The van der Waals surface area contributed by atoms with E-state index >= 15 is 0 Å². The van der Waals surface area contributed by atoms with Gasteiger partial charge in [0.1, 0.15) is 13.2 Å². The summed E-state index contributed by atoms with van der Waals surface area (Å²) < 4.78 is 16.4. The zero-order valence-electron chi connectivity index (χ0n) is 16.3. The number of ether oxygens (including phenoxy) is 3. The van der Waals surface area contributed by atoms with Gasteiger partial charge in [0.05, 0.1) is 7.11 Å². The summed E-state index contributed by atoms with van der Waals surface area (Å²) in [7, 11) is 1.51. The van der Waals surface area contributed by atoms with E-state index in [4.69, 9.17) is 14.2 Å². The van der Waals surface area contributed by atoms with Gasteiger partial charge in [-0.2, -0.15) is 0 Å². The van der Waals surface area contributed by atoms with Crippen molar-refractivity contribution in [2.45, 2.75) is 13.8 Å². The van der Waals surface area contributed by atoms with E-state index in [1.807, 2.05) is 13.8 Å². The summed E-state index contributed by atoms with van der Waals surface area (Å²) in [5.74, 6) is 1.10. The number of nitrogens with zero attached hydrogens (tertiary/aromatic N) is 1. The highest BCUT2D eigenvalue weighted by molar-refractivity contribution is 6.05. The lowest BCUT2D eigenvalue weighted by molar-refractivity contribution is 0.0773. The Kier molecular flexibility index (Phi) is 6.03. The maximum atomic E-state index is 12.6. The largest absolute Gasteiger partial charge is 0.493 e. The van der Waals surface area contributed by atoms with Crippen molar-refractivity contribution >= 4 is 17.5 Å². The minimum atomic E-state index is -0.307. The second-order valence-electron chi connectivity index (χ2n) is 6.21. The molecule has 7 heteroatoms. The molecular weight excluding hydrogens is 360 g/mol. The van der Waals surface area contributed by atoms with E-state index in [1.54, 1.807) is 41.3 Å². The van der Waals surface area contributed by atoms with Crippen LogP contribution in [-0.4, -0.2) is 50.1 Å². The zero-order valence-corrected chi connectivity index (χ0v) is 16.3. The molecule has 0 spiro atoms. The molecule has 0 fully saturated rings. The van der Waals surface area contributed by atoms with Crippen LogP contribution < -0.4 is 19.5 Å². The maximum absolute atomic E-state index is 12.6. The van der Waals surface area contributed by atoms with Crippen molar-refractivity contribution < 1.29 is 23.8 Å². The van der Waals surface area contributed by atoms with Crippen LogP contribution in [0.15, 0.2) is 36.4 Å². The van der Waals surface area contributed by atoms with Gasteiger partial charge in [0.25, 0.3) is 11.8 Å². The molecule has 28 heavy (non-hydrogen) atoms. The lowest BCUT2D eigenvalue weighted by Gasteiger charge is -2.21. The van der Waals surface area contributed by atoms with Gasteiger partial charge in [-0.1, -0.05) is 0 Å². The summed E-state index contributed by atoms with van der Waals surface area (Å²) in [4.78, 5) is 26.8. The van der Waals surface area contributed by atoms with Crippen LogP contribution in [0.5, 0.6) is 17.2 Å². The standard InChI is InChI=1S/C21H24N2O5/c1-4-23(5-2)21(25)14-6-8-16(9-7-14)22-20(24)15-12-17(26-3)19-18(13-15)27-10-11-28-19/h6-9,12-13H,4-5,10-11H2,1-3H3,(H,22,24). The van der Waals surface area contributed by atoms with Gasteiger partial charge in [0.15, 0.2) is 11.5 Å². The molecule has 0 atom stereocenters. The highest BCUT2D eigenvalue weighted by atomic mass is 16.6. The third kappa shape index (κ3) is 4.03. The Bertz CT molecular complexity index is 843. The van der Waals surface area contributed by atoms with Crippen LogP contribution in [0.2, 0.25) is 0 Å². The summed E-state index contributed by atoms with van der Waals surface area (Å²) in [5, 5.41) is 2.82. The molecule has 2 amide bonds. The van der Waals surface area contributed by atoms with Gasteiger partial charge in [0, 0.05) is 29.9 Å². The first-order valence-electron chi connectivity index (χ1n) is 9.25.